The van der Waals surface area contributed by atoms with E-state index in [0.717, 1.165) is 16.9 Å². The Morgan fingerprint density at radius 1 is 1.13 bits per heavy atom. The van der Waals surface area contributed by atoms with Crippen LogP contribution in [0.5, 0.6) is 5.75 Å². The van der Waals surface area contributed by atoms with E-state index in [1.165, 1.54) is 6.08 Å². The van der Waals surface area contributed by atoms with Gasteiger partial charge in [0, 0.05) is 0 Å². The van der Waals surface area contributed by atoms with Crippen LogP contribution in [0.4, 0.5) is 0 Å². The van der Waals surface area contributed by atoms with Gasteiger partial charge in [0.2, 0.25) is 0 Å². The molecule has 2 aromatic carbocycles. The summed E-state index contributed by atoms with van der Waals surface area (Å²) in [6, 6.07) is 18.9. The molecule has 116 valence electrons. The average Bonchev–Trinajstić information content (AvgIpc) is 2.60. The van der Waals surface area contributed by atoms with Gasteiger partial charge < -0.3 is 9.47 Å². The van der Waals surface area contributed by atoms with Crippen molar-refractivity contribution in [2.75, 3.05) is 6.61 Å². The van der Waals surface area contributed by atoms with Crippen molar-refractivity contribution in [3.8, 4) is 11.8 Å². The molecule has 2 rings (SSSR count). The molecule has 0 unspecified atom stereocenters. The lowest BCUT2D eigenvalue weighted by Gasteiger charge is -2.06. The lowest BCUT2D eigenvalue weighted by atomic mass is 10.1. The fraction of sp³-hybridized carbons (Fsp3) is 0.158. The number of ether oxygens (including phenoxy) is 2. The first kappa shape index (κ1) is 16.3. The lowest BCUT2D eigenvalue weighted by molar-refractivity contribution is -0.137. The molecule has 0 aromatic heterocycles. The highest BCUT2D eigenvalue weighted by Gasteiger charge is 2.09. The van der Waals surface area contributed by atoms with E-state index in [4.69, 9.17) is 14.7 Å². The van der Waals surface area contributed by atoms with Crippen LogP contribution in [0.1, 0.15) is 18.1 Å². The summed E-state index contributed by atoms with van der Waals surface area (Å²) in [4.78, 5) is 11.6. The minimum atomic E-state index is -0.612. The molecule has 4 nitrogen and oxygen atoms in total. The van der Waals surface area contributed by atoms with Crippen molar-refractivity contribution in [3.63, 3.8) is 0 Å². The van der Waals surface area contributed by atoms with Gasteiger partial charge in [-0.05, 0) is 36.3 Å². The Bertz CT molecular complexity index is 713. The molecule has 0 aliphatic carbocycles. The molecule has 0 N–H and O–H groups in total. The lowest BCUT2D eigenvalue weighted by Crippen LogP contribution is -2.05. The quantitative estimate of drug-likeness (QED) is 0.463. The average molecular weight is 307 g/mol. The molecule has 0 fully saturated rings. The fourth-order valence-electron chi connectivity index (χ4n) is 1.91. The molecule has 0 amide bonds. The van der Waals surface area contributed by atoms with Crippen LogP contribution in [0, 0.1) is 11.3 Å². The smallest absolute Gasteiger partial charge is 0.348 e. The van der Waals surface area contributed by atoms with Gasteiger partial charge in [-0.15, -0.1) is 0 Å². The third-order valence-corrected chi connectivity index (χ3v) is 3.06. The third-order valence-electron chi connectivity index (χ3n) is 3.06. The highest BCUT2D eigenvalue weighted by Crippen LogP contribution is 2.16. The second kappa shape index (κ2) is 8.40. The van der Waals surface area contributed by atoms with Gasteiger partial charge in [-0.2, -0.15) is 5.26 Å². The first-order valence-corrected chi connectivity index (χ1v) is 7.28. The minimum absolute atomic E-state index is 0.0233. The van der Waals surface area contributed by atoms with E-state index in [9.17, 15) is 4.79 Å². The summed E-state index contributed by atoms with van der Waals surface area (Å²) in [5.74, 6) is 0.111. The van der Waals surface area contributed by atoms with Crippen LogP contribution in [0.3, 0.4) is 0 Å². The highest BCUT2D eigenvalue weighted by molar-refractivity contribution is 5.97. The van der Waals surface area contributed by atoms with Crippen LogP contribution in [0.2, 0.25) is 0 Å². The number of rotatable bonds is 6. The standard InChI is InChI=1S/C19H17NO3/c1-2-22-19(21)17(13-20)12-15-8-10-18(11-9-15)23-14-16-6-4-3-5-7-16/h3-12H,2,14H2,1H3. The van der Waals surface area contributed by atoms with Crippen LogP contribution >= 0.6 is 0 Å². The molecule has 23 heavy (non-hydrogen) atoms. The molecule has 0 heterocycles. The molecule has 0 aliphatic heterocycles. The molecule has 0 atom stereocenters. The number of esters is 1. The summed E-state index contributed by atoms with van der Waals surface area (Å²) in [6.45, 7) is 2.43. The van der Waals surface area contributed by atoms with Gasteiger partial charge in [-0.3, -0.25) is 0 Å². The molecule has 2 aromatic rings. The largest absolute Gasteiger partial charge is 0.489 e. The number of hydrogen-bond donors (Lipinski definition) is 0. The van der Waals surface area contributed by atoms with Crippen LogP contribution < -0.4 is 4.74 Å². The first-order chi connectivity index (χ1) is 11.2. The highest BCUT2D eigenvalue weighted by atomic mass is 16.5. The topological polar surface area (TPSA) is 59.3 Å². The SMILES string of the molecule is CCOC(=O)C(C#N)=Cc1ccc(OCc2ccccc2)cc1. The zero-order chi connectivity index (χ0) is 16.5. The van der Waals surface area contributed by atoms with Gasteiger partial charge in [0.15, 0.2) is 0 Å². The van der Waals surface area contributed by atoms with E-state index in [0.29, 0.717) is 6.61 Å². The summed E-state index contributed by atoms with van der Waals surface area (Å²) in [6.07, 6.45) is 1.50. The van der Waals surface area contributed by atoms with Crippen molar-refractivity contribution in [2.45, 2.75) is 13.5 Å². The van der Waals surface area contributed by atoms with Gasteiger partial charge in [0.25, 0.3) is 0 Å². The number of nitriles is 1. The van der Waals surface area contributed by atoms with Gasteiger partial charge in [-0.1, -0.05) is 42.5 Å². The van der Waals surface area contributed by atoms with Gasteiger partial charge in [0.1, 0.15) is 24.0 Å². The Morgan fingerprint density at radius 2 is 1.83 bits per heavy atom. The molecular weight excluding hydrogens is 290 g/mol. The predicted octanol–water partition coefficient (Wildman–Crippen LogP) is 3.74. The molecule has 0 bridgehead atoms. The zero-order valence-electron chi connectivity index (χ0n) is 12.9. The van der Waals surface area contributed by atoms with Crippen molar-refractivity contribution in [1.82, 2.24) is 0 Å². The summed E-state index contributed by atoms with van der Waals surface area (Å²) in [5.41, 5.74) is 1.80. The number of benzene rings is 2. The van der Waals surface area contributed by atoms with E-state index in [1.807, 2.05) is 36.4 Å². The minimum Gasteiger partial charge on any atom is -0.489 e. The maximum absolute atomic E-state index is 11.6. The molecule has 0 saturated heterocycles. The van der Waals surface area contributed by atoms with Crippen LogP contribution in [-0.4, -0.2) is 12.6 Å². The van der Waals surface area contributed by atoms with Gasteiger partial charge in [0.05, 0.1) is 6.61 Å². The first-order valence-electron chi connectivity index (χ1n) is 7.28. The Kier molecular flexibility index (Phi) is 5.96. The van der Waals surface area contributed by atoms with Crippen molar-refractivity contribution in [1.29, 1.82) is 5.26 Å². The molecule has 0 aliphatic rings. The van der Waals surface area contributed by atoms with Crippen molar-refractivity contribution in [2.24, 2.45) is 0 Å². The van der Waals surface area contributed by atoms with Crippen molar-refractivity contribution in [3.05, 3.63) is 71.3 Å². The van der Waals surface area contributed by atoms with Crippen LogP contribution in [-0.2, 0) is 16.1 Å². The molecule has 0 saturated carbocycles. The van der Waals surface area contributed by atoms with Gasteiger partial charge in [-0.25, -0.2) is 4.79 Å². The Balaban J connectivity index is 2.01. The summed E-state index contributed by atoms with van der Waals surface area (Å²) >= 11 is 0. The number of carbonyl (C=O) groups is 1. The van der Waals surface area contributed by atoms with E-state index < -0.39 is 5.97 Å². The van der Waals surface area contributed by atoms with Crippen LogP contribution in [0.15, 0.2) is 60.2 Å². The zero-order valence-corrected chi connectivity index (χ0v) is 12.9. The third kappa shape index (κ3) is 5.01. The predicted molar refractivity (Wildman–Crippen MR) is 87.4 cm³/mol. The normalized spacial score (nSPS) is 10.7. The summed E-state index contributed by atoms with van der Waals surface area (Å²) in [5, 5.41) is 9.01. The number of nitrogens with zero attached hydrogens (tertiary/aromatic N) is 1. The van der Waals surface area contributed by atoms with Crippen LogP contribution in [0.25, 0.3) is 6.08 Å². The molecule has 0 spiro atoms. The summed E-state index contributed by atoms with van der Waals surface area (Å²) in [7, 11) is 0. The Hall–Kier alpha value is -3.06. The number of carbonyl (C=O) groups excluding carboxylic acids is 1. The maximum Gasteiger partial charge on any atom is 0.348 e. The maximum atomic E-state index is 11.6. The summed E-state index contributed by atoms with van der Waals surface area (Å²) < 4.78 is 10.5. The molecule has 4 heteroatoms. The monoisotopic (exact) mass is 307 g/mol. The number of hydrogen-bond acceptors (Lipinski definition) is 4. The van der Waals surface area contributed by atoms with E-state index in [1.54, 1.807) is 31.2 Å². The van der Waals surface area contributed by atoms with Crippen molar-refractivity contribution >= 4 is 12.0 Å². The van der Waals surface area contributed by atoms with Gasteiger partial charge >= 0.3 is 5.97 Å². The Morgan fingerprint density at radius 3 is 2.43 bits per heavy atom. The van der Waals surface area contributed by atoms with Crippen molar-refractivity contribution < 1.29 is 14.3 Å². The molecular formula is C19H17NO3. The second-order valence-electron chi connectivity index (χ2n) is 4.73. The van der Waals surface area contributed by atoms with E-state index >= 15 is 0 Å². The Labute approximate surface area is 135 Å². The van der Waals surface area contributed by atoms with E-state index in [2.05, 4.69) is 0 Å². The molecule has 0 radical (unpaired) electrons. The fourth-order valence-corrected chi connectivity index (χ4v) is 1.91. The van der Waals surface area contributed by atoms with E-state index in [-0.39, 0.29) is 12.2 Å². The second-order valence-corrected chi connectivity index (χ2v) is 4.73.